The summed E-state index contributed by atoms with van der Waals surface area (Å²) in [5.41, 5.74) is 1.45. The second-order valence-electron chi connectivity index (χ2n) is 7.47. The molecule has 0 spiro atoms. The Kier molecular flexibility index (Phi) is 5.80. The summed E-state index contributed by atoms with van der Waals surface area (Å²) in [4.78, 5) is 0. The number of quaternary nitrogens is 2. The van der Waals surface area contributed by atoms with Crippen LogP contribution in [0.3, 0.4) is 0 Å². The van der Waals surface area contributed by atoms with Crippen LogP contribution in [0.1, 0.15) is 5.56 Å². The normalized spacial score (nSPS) is 12.2. The molecule has 2 aromatic carbocycles. The van der Waals surface area contributed by atoms with Gasteiger partial charge >= 0.3 is 0 Å². The van der Waals surface area contributed by atoms with Gasteiger partial charge in [-0.15, -0.1) is 0 Å². The number of hydrogen-bond donors (Lipinski definition) is 0. The van der Waals surface area contributed by atoms with Crippen molar-refractivity contribution >= 4 is 10.8 Å². The van der Waals surface area contributed by atoms with Gasteiger partial charge in [-0.1, -0.05) is 42.5 Å². The highest BCUT2D eigenvalue weighted by Gasteiger charge is 2.21. The Hall–Kier alpha value is -1.09. The van der Waals surface area contributed by atoms with Crippen molar-refractivity contribution in [3.63, 3.8) is 0 Å². The molecule has 0 radical (unpaired) electrons. The number of hydrogen-bond acceptors (Lipinski definition) is 0. The molecule has 2 aromatic rings. The first-order valence-electron chi connectivity index (χ1n) is 7.36. The molecule has 0 aliphatic rings. The number of nitrogens with zero attached hydrogens (tertiary/aromatic N) is 2. The third-order valence-corrected chi connectivity index (χ3v) is 3.85. The first-order chi connectivity index (χ1) is 9.27. The Morgan fingerprint density at radius 2 is 1.38 bits per heavy atom. The second kappa shape index (κ2) is 6.78. The van der Waals surface area contributed by atoms with Gasteiger partial charge in [-0.3, -0.25) is 0 Å². The predicted octanol–water partition coefficient (Wildman–Crippen LogP) is 0.126. The third kappa shape index (κ3) is 5.31. The Labute approximate surface area is 135 Å². The quantitative estimate of drug-likeness (QED) is 0.689. The smallest absolute Gasteiger partial charge is 0.128 e. The van der Waals surface area contributed by atoms with Crippen molar-refractivity contribution in [1.29, 1.82) is 0 Å². The number of benzene rings is 2. The molecule has 0 heterocycles. The Morgan fingerprint density at radius 3 is 2.05 bits per heavy atom. The average molecular weight is 308 g/mol. The Morgan fingerprint density at radius 1 is 0.762 bits per heavy atom. The van der Waals surface area contributed by atoms with E-state index in [0.29, 0.717) is 0 Å². The van der Waals surface area contributed by atoms with E-state index in [1.165, 1.54) is 29.4 Å². The fourth-order valence-electron chi connectivity index (χ4n) is 2.54. The minimum absolute atomic E-state index is 0. The third-order valence-electron chi connectivity index (χ3n) is 3.85. The summed E-state index contributed by atoms with van der Waals surface area (Å²) in [5.74, 6) is 0. The van der Waals surface area contributed by atoms with Crippen molar-refractivity contribution in [2.24, 2.45) is 0 Å². The largest absolute Gasteiger partial charge is 1.00 e. The zero-order chi connectivity index (χ0) is 14.8. The molecule has 0 N–H and O–H groups in total. The lowest BCUT2D eigenvalue weighted by Gasteiger charge is -2.33. The molecular weight excluding hydrogens is 280 g/mol. The van der Waals surface area contributed by atoms with E-state index in [1.807, 2.05) is 0 Å². The molecule has 0 amide bonds. The molecule has 116 valence electrons. The van der Waals surface area contributed by atoms with Crippen LogP contribution in [-0.2, 0) is 6.54 Å². The fraction of sp³-hybridized carbons (Fsp3) is 0.444. The molecule has 0 saturated carbocycles. The molecular formula is C18H28ClN2+. The van der Waals surface area contributed by atoms with E-state index in [1.54, 1.807) is 0 Å². The molecule has 0 aromatic heterocycles. The van der Waals surface area contributed by atoms with E-state index in [2.05, 4.69) is 77.7 Å². The summed E-state index contributed by atoms with van der Waals surface area (Å²) < 4.78 is 2.06. The molecule has 0 fully saturated rings. The first kappa shape index (κ1) is 18.0. The number of likely N-dealkylation sites (N-methyl/N-ethyl adjacent to an activating group) is 2. The van der Waals surface area contributed by atoms with Gasteiger partial charge in [0.1, 0.15) is 19.6 Å². The van der Waals surface area contributed by atoms with Crippen LogP contribution in [0.5, 0.6) is 0 Å². The molecule has 0 aliphatic heterocycles. The van der Waals surface area contributed by atoms with Gasteiger partial charge in [-0.2, -0.15) is 0 Å². The standard InChI is InChI=1S/C18H28N2.ClH/c1-19(2,3)13-14-20(4,5)15-17-11-8-10-16-9-6-7-12-18(16)17;/h6-12H,13-15H2,1-5H3;1H/q+2;/p-1. The summed E-state index contributed by atoms with van der Waals surface area (Å²) in [7, 11) is 11.4. The number of rotatable bonds is 5. The van der Waals surface area contributed by atoms with Crippen molar-refractivity contribution < 1.29 is 21.4 Å². The van der Waals surface area contributed by atoms with Crippen LogP contribution in [0.4, 0.5) is 0 Å². The van der Waals surface area contributed by atoms with Gasteiger partial charge in [0, 0.05) is 5.56 Å². The maximum Gasteiger partial charge on any atom is 0.128 e. The molecule has 3 heteroatoms. The maximum atomic E-state index is 2.33. The lowest BCUT2D eigenvalue weighted by Crippen LogP contribution is -3.00. The van der Waals surface area contributed by atoms with Gasteiger partial charge in [-0.05, 0) is 10.8 Å². The van der Waals surface area contributed by atoms with E-state index in [9.17, 15) is 0 Å². The molecule has 0 unspecified atom stereocenters. The highest BCUT2D eigenvalue weighted by Crippen LogP contribution is 2.21. The lowest BCUT2D eigenvalue weighted by atomic mass is 10.0. The van der Waals surface area contributed by atoms with E-state index in [0.717, 1.165) is 15.5 Å². The molecule has 0 aliphatic carbocycles. The van der Waals surface area contributed by atoms with Crippen LogP contribution in [0.25, 0.3) is 10.8 Å². The zero-order valence-corrected chi connectivity index (χ0v) is 14.7. The Balaban J connectivity index is 0.00000220. The molecule has 2 nitrogen and oxygen atoms in total. The SMILES string of the molecule is C[N+](C)(C)CC[N+](C)(C)Cc1cccc2ccccc12.[Cl-]. The van der Waals surface area contributed by atoms with Gasteiger partial charge in [0.25, 0.3) is 0 Å². The van der Waals surface area contributed by atoms with Crippen molar-refractivity contribution in [3.05, 3.63) is 48.0 Å². The van der Waals surface area contributed by atoms with Gasteiger partial charge in [0.2, 0.25) is 0 Å². The van der Waals surface area contributed by atoms with Crippen molar-refractivity contribution in [2.75, 3.05) is 48.3 Å². The van der Waals surface area contributed by atoms with Gasteiger partial charge < -0.3 is 21.4 Å². The summed E-state index contributed by atoms with van der Waals surface area (Å²) in [6, 6.07) is 15.3. The highest BCUT2D eigenvalue weighted by molar-refractivity contribution is 5.85. The van der Waals surface area contributed by atoms with Crippen LogP contribution in [0, 0.1) is 0 Å². The molecule has 0 bridgehead atoms. The molecule has 0 atom stereocenters. The van der Waals surface area contributed by atoms with E-state index in [4.69, 9.17) is 0 Å². The topological polar surface area (TPSA) is 0 Å². The summed E-state index contributed by atoms with van der Waals surface area (Å²) in [6.45, 7) is 3.46. The van der Waals surface area contributed by atoms with E-state index < -0.39 is 0 Å². The molecule has 2 rings (SSSR count). The fourth-order valence-corrected chi connectivity index (χ4v) is 2.54. The summed E-state index contributed by atoms with van der Waals surface area (Å²) >= 11 is 0. The highest BCUT2D eigenvalue weighted by atomic mass is 35.5. The van der Waals surface area contributed by atoms with Gasteiger partial charge in [0.15, 0.2) is 0 Å². The van der Waals surface area contributed by atoms with Crippen molar-refractivity contribution in [1.82, 2.24) is 0 Å². The summed E-state index contributed by atoms with van der Waals surface area (Å²) in [5, 5.41) is 2.74. The summed E-state index contributed by atoms with van der Waals surface area (Å²) in [6.07, 6.45) is 0. The first-order valence-corrected chi connectivity index (χ1v) is 7.36. The van der Waals surface area contributed by atoms with Crippen LogP contribution in [0.15, 0.2) is 42.5 Å². The van der Waals surface area contributed by atoms with Gasteiger partial charge in [0.05, 0.1) is 35.2 Å². The zero-order valence-electron chi connectivity index (χ0n) is 13.9. The average Bonchev–Trinajstić information content (AvgIpc) is 2.36. The lowest BCUT2D eigenvalue weighted by molar-refractivity contribution is -0.945. The van der Waals surface area contributed by atoms with Crippen LogP contribution in [0.2, 0.25) is 0 Å². The van der Waals surface area contributed by atoms with Crippen LogP contribution in [-0.4, -0.2) is 57.3 Å². The van der Waals surface area contributed by atoms with Crippen molar-refractivity contribution in [3.8, 4) is 0 Å². The monoisotopic (exact) mass is 307 g/mol. The van der Waals surface area contributed by atoms with Gasteiger partial charge in [-0.25, -0.2) is 0 Å². The minimum Gasteiger partial charge on any atom is -1.00 e. The number of halogens is 1. The number of fused-ring (bicyclic) bond motifs is 1. The van der Waals surface area contributed by atoms with Crippen LogP contribution < -0.4 is 12.4 Å². The maximum absolute atomic E-state index is 2.33. The second-order valence-corrected chi connectivity index (χ2v) is 7.47. The Bertz CT molecular complexity index is 580. The minimum atomic E-state index is 0. The van der Waals surface area contributed by atoms with Crippen molar-refractivity contribution in [2.45, 2.75) is 6.54 Å². The van der Waals surface area contributed by atoms with E-state index >= 15 is 0 Å². The molecule has 0 saturated heterocycles. The predicted molar refractivity (Wildman–Crippen MR) is 87.5 cm³/mol. The van der Waals surface area contributed by atoms with Crippen LogP contribution >= 0.6 is 0 Å². The molecule has 21 heavy (non-hydrogen) atoms. The van der Waals surface area contributed by atoms with E-state index in [-0.39, 0.29) is 12.4 Å².